The maximum Gasteiger partial charge on any atom is -0.00262 e. The quantitative estimate of drug-likeness (QED) is 0.197. The lowest BCUT2D eigenvalue weighted by atomic mass is 9.84. The summed E-state index contributed by atoms with van der Waals surface area (Å²) in [6.07, 6.45) is 8.91. The second-order valence-corrected chi connectivity index (χ2v) is 11.2. The molecular weight excluding hydrogens is 504 g/mol. The first-order valence-electron chi connectivity index (χ1n) is 14.8. The number of rotatable bonds is 4. The fourth-order valence-corrected chi connectivity index (χ4v) is 6.69. The zero-order valence-corrected chi connectivity index (χ0v) is 23.4. The summed E-state index contributed by atoms with van der Waals surface area (Å²) in [5.41, 5.74) is 10.3. The Morgan fingerprint density at radius 1 is 0.381 bits per heavy atom. The summed E-state index contributed by atoms with van der Waals surface area (Å²) >= 11 is 0. The van der Waals surface area contributed by atoms with Gasteiger partial charge in [0.1, 0.15) is 0 Å². The van der Waals surface area contributed by atoms with Crippen LogP contribution in [0.3, 0.4) is 0 Å². The maximum atomic E-state index is 2.39. The first-order valence-corrected chi connectivity index (χ1v) is 14.8. The molecule has 42 heavy (non-hydrogen) atoms. The number of allylic oxidation sites excluding steroid dienone is 4. The molecular formula is C42H30. The molecule has 0 saturated carbocycles. The highest BCUT2D eigenvalue weighted by Crippen LogP contribution is 2.44. The van der Waals surface area contributed by atoms with Gasteiger partial charge in [0.05, 0.1) is 0 Å². The lowest BCUT2D eigenvalue weighted by Gasteiger charge is -2.19. The van der Waals surface area contributed by atoms with Gasteiger partial charge in [-0.25, -0.2) is 0 Å². The van der Waals surface area contributed by atoms with Gasteiger partial charge in [-0.1, -0.05) is 140 Å². The van der Waals surface area contributed by atoms with Gasteiger partial charge >= 0.3 is 0 Å². The first-order chi connectivity index (χ1) is 20.8. The molecule has 0 fully saturated rings. The van der Waals surface area contributed by atoms with Gasteiger partial charge in [-0.2, -0.15) is 0 Å². The van der Waals surface area contributed by atoms with E-state index in [0.717, 1.165) is 12.8 Å². The summed E-state index contributed by atoms with van der Waals surface area (Å²) in [7, 11) is 0. The van der Waals surface area contributed by atoms with E-state index in [4.69, 9.17) is 0 Å². The normalized spacial score (nSPS) is 13.1. The van der Waals surface area contributed by atoms with Crippen molar-refractivity contribution in [2.24, 2.45) is 0 Å². The smallest absolute Gasteiger partial charge is 0.00262 e. The van der Waals surface area contributed by atoms with Crippen LogP contribution in [-0.4, -0.2) is 0 Å². The third kappa shape index (κ3) is 4.24. The van der Waals surface area contributed by atoms with E-state index in [-0.39, 0.29) is 0 Å². The van der Waals surface area contributed by atoms with E-state index in [1.54, 1.807) is 0 Å². The van der Waals surface area contributed by atoms with E-state index in [0.29, 0.717) is 0 Å². The zero-order chi connectivity index (χ0) is 27.9. The minimum Gasteiger partial charge on any atom is -0.0842 e. The number of fused-ring (bicyclic) bond motifs is 3. The molecule has 1 aliphatic carbocycles. The lowest BCUT2D eigenvalue weighted by molar-refractivity contribution is 1.05. The summed E-state index contributed by atoms with van der Waals surface area (Å²) in [4.78, 5) is 0. The Kier molecular flexibility index (Phi) is 6.04. The molecule has 0 heterocycles. The van der Waals surface area contributed by atoms with Crippen molar-refractivity contribution in [2.45, 2.75) is 12.8 Å². The van der Waals surface area contributed by atoms with Gasteiger partial charge in [0, 0.05) is 0 Å². The third-order valence-electron chi connectivity index (χ3n) is 8.70. The Morgan fingerprint density at radius 2 is 0.905 bits per heavy atom. The fraction of sp³-hybridized carbons (Fsp3) is 0.0476. The van der Waals surface area contributed by atoms with E-state index in [1.165, 1.54) is 76.8 Å². The van der Waals surface area contributed by atoms with Gasteiger partial charge in [-0.15, -0.1) is 0 Å². The van der Waals surface area contributed by atoms with Gasteiger partial charge in [0.2, 0.25) is 0 Å². The van der Waals surface area contributed by atoms with Crippen LogP contribution in [0.5, 0.6) is 0 Å². The molecule has 0 unspecified atom stereocenters. The van der Waals surface area contributed by atoms with Crippen LogP contribution in [0.1, 0.15) is 18.4 Å². The van der Waals surface area contributed by atoms with E-state index in [9.17, 15) is 0 Å². The predicted molar refractivity (Wildman–Crippen MR) is 182 cm³/mol. The number of hydrogen-bond donors (Lipinski definition) is 0. The van der Waals surface area contributed by atoms with Crippen molar-refractivity contribution in [3.05, 3.63) is 163 Å². The van der Waals surface area contributed by atoms with Crippen LogP contribution in [0.2, 0.25) is 0 Å². The monoisotopic (exact) mass is 534 g/mol. The maximum absolute atomic E-state index is 2.39. The van der Waals surface area contributed by atoms with Gasteiger partial charge in [0.25, 0.3) is 0 Å². The third-order valence-corrected chi connectivity index (χ3v) is 8.70. The predicted octanol–water partition coefficient (Wildman–Crippen LogP) is 11.9. The Morgan fingerprint density at radius 3 is 1.52 bits per heavy atom. The van der Waals surface area contributed by atoms with Gasteiger partial charge < -0.3 is 0 Å². The van der Waals surface area contributed by atoms with Crippen molar-refractivity contribution in [3.63, 3.8) is 0 Å². The molecule has 0 nitrogen and oxygen atoms in total. The second-order valence-electron chi connectivity index (χ2n) is 11.2. The van der Waals surface area contributed by atoms with Crippen LogP contribution < -0.4 is 0 Å². The van der Waals surface area contributed by atoms with Gasteiger partial charge in [-0.3, -0.25) is 0 Å². The molecule has 7 aromatic carbocycles. The molecule has 0 amide bonds. The number of hydrogen-bond acceptors (Lipinski definition) is 0. The Hall–Kier alpha value is -5.20. The SMILES string of the molecule is C1=CCCC(c2cccc(-c3c4ccccc4c(-c4cccc(-c5ccc6ccccc6c5)c4)c4ccccc34)c2)=C1. The Labute approximate surface area is 246 Å². The van der Waals surface area contributed by atoms with Crippen LogP contribution in [0.15, 0.2) is 158 Å². The van der Waals surface area contributed by atoms with Crippen molar-refractivity contribution in [3.8, 4) is 33.4 Å². The summed E-state index contributed by atoms with van der Waals surface area (Å²) in [6.45, 7) is 0. The van der Waals surface area contributed by atoms with E-state index in [2.05, 4.69) is 158 Å². The summed E-state index contributed by atoms with van der Waals surface area (Å²) in [5.74, 6) is 0. The Bertz CT molecular complexity index is 2130. The number of benzene rings is 7. The van der Waals surface area contributed by atoms with Crippen molar-refractivity contribution in [1.29, 1.82) is 0 Å². The van der Waals surface area contributed by atoms with Gasteiger partial charge in [0.15, 0.2) is 0 Å². The highest BCUT2D eigenvalue weighted by molar-refractivity contribution is 6.21. The second kappa shape index (κ2) is 10.3. The highest BCUT2D eigenvalue weighted by atomic mass is 14.2. The fourth-order valence-electron chi connectivity index (χ4n) is 6.69. The average molecular weight is 535 g/mol. The van der Waals surface area contributed by atoms with Crippen LogP contribution >= 0.6 is 0 Å². The van der Waals surface area contributed by atoms with Crippen molar-refractivity contribution in [1.82, 2.24) is 0 Å². The van der Waals surface area contributed by atoms with E-state index in [1.807, 2.05) is 0 Å². The molecule has 198 valence electrons. The van der Waals surface area contributed by atoms with Crippen LogP contribution in [0.4, 0.5) is 0 Å². The molecule has 7 aromatic rings. The topological polar surface area (TPSA) is 0 Å². The molecule has 0 aromatic heterocycles. The van der Waals surface area contributed by atoms with E-state index < -0.39 is 0 Å². The molecule has 0 saturated heterocycles. The molecule has 0 bridgehead atoms. The molecule has 0 radical (unpaired) electrons. The average Bonchev–Trinajstić information content (AvgIpc) is 3.07. The summed E-state index contributed by atoms with van der Waals surface area (Å²) in [5, 5.41) is 7.68. The van der Waals surface area contributed by atoms with E-state index >= 15 is 0 Å². The van der Waals surface area contributed by atoms with Crippen LogP contribution in [0, 0.1) is 0 Å². The molecule has 8 rings (SSSR count). The molecule has 0 N–H and O–H groups in total. The molecule has 0 aliphatic heterocycles. The largest absolute Gasteiger partial charge is 0.0842 e. The summed E-state index contributed by atoms with van der Waals surface area (Å²) < 4.78 is 0. The summed E-state index contributed by atoms with van der Waals surface area (Å²) in [6, 6.07) is 51.4. The van der Waals surface area contributed by atoms with Crippen molar-refractivity contribution >= 4 is 37.9 Å². The van der Waals surface area contributed by atoms with Crippen molar-refractivity contribution in [2.75, 3.05) is 0 Å². The molecule has 0 atom stereocenters. The lowest BCUT2D eigenvalue weighted by Crippen LogP contribution is -1.93. The first kappa shape index (κ1) is 24.6. The molecule has 0 heteroatoms. The minimum atomic E-state index is 1.09. The molecule has 1 aliphatic rings. The molecule has 0 spiro atoms. The Balaban J connectivity index is 1.35. The standard InChI is InChI=1S/C42H30/c1-2-12-29(13-3-1)32-16-10-18-35(27-32)41-37-20-6-8-22-39(37)42(40-23-9-7-21-38(40)41)36-19-11-17-33(28-36)34-25-24-30-14-4-5-15-31(30)26-34/h1-2,4-12,14-28H,3,13H2. The highest BCUT2D eigenvalue weighted by Gasteiger charge is 2.17. The van der Waals surface area contributed by atoms with Crippen LogP contribution in [0.25, 0.3) is 71.3 Å². The van der Waals surface area contributed by atoms with Crippen molar-refractivity contribution < 1.29 is 0 Å². The van der Waals surface area contributed by atoms with Crippen LogP contribution in [-0.2, 0) is 0 Å². The minimum absolute atomic E-state index is 1.09. The van der Waals surface area contributed by atoms with Gasteiger partial charge in [-0.05, 0) is 108 Å². The zero-order valence-electron chi connectivity index (χ0n) is 23.4.